The number of anilines is 1. The molecule has 0 unspecified atom stereocenters. The smallest absolute Gasteiger partial charge is 0.309 e. The number of esters is 1. The molecule has 2 heterocycles. The zero-order chi connectivity index (χ0) is 11.4. The lowest BCUT2D eigenvalue weighted by atomic mass is 9.97. The number of carbonyl (C=O) groups excluding carboxylic acids is 1. The van der Waals surface area contributed by atoms with Crippen LogP contribution in [-0.2, 0) is 9.53 Å². The Hall–Kier alpha value is -1.17. The largest absolute Gasteiger partial charge is 0.466 e. The molecule has 1 fully saturated rings. The van der Waals surface area contributed by atoms with E-state index in [9.17, 15) is 4.79 Å². The molecule has 16 heavy (non-hydrogen) atoms. The first-order valence-electron chi connectivity index (χ1n) is 5.49. The molecule has 1 aromatic rings. The lowest BCUT2D eigenvalue weighted by Gasteiger charge is -2.30. The minimum atomic E-state index is -0.0561. The van der Waals surface area contributed by atoms with Crippen molar-refractivity contribution in [3.05, 3.63) is 6.33 Å². The fourth-order valence-electron chi connectivity index (χ4n) is 1.87. The van der Waals surface area contributed by atoms with Crippen LogP contribution >= 0.6 is 11.5 Å². The number of carbonyl (C=O) groups is 1. The number of hydrogen-bond donors (Lipinski definition) is 0. The number of rotatable bonds is 3. The van der Waals surface area contributed by atoms with E-state index in [2.05, 4.69) is 14.3 Å². The van der Waals surface area contributed by atoms with Gasteiger partial charge >= 0.3 is 5.97 Å². The Morgan fingerprint density at radius 3 is 2.94 bits per heavy atom. The van der Waals surface area contributed by atoms with Crippen molar-refractivity contribution in [3.8, 4) is 0 Å². The summed E-state index contributed by atoms with van der Waals surface area (Å²) < 4.78 is 9.00. The monoisotopic (exact) mass is 241 g/mol. The van der Waals surface area contributed by atoms with Crippen LogP contribution in [0.4, 0.5) is 5.13 Å². The summed E-state index contributed by atoms with van der Waals surface area (Å²) in [6.07, 6.45) is 3.26. The molecule has 0 atom stereocenters. The molecule has 0 spiro atoms. The molecule has 0 aliphatic carbocycles. The van der Waals surface area contributed by atoms with Crippen LogP contribution in [0.2, 0.25) is 0 Å². The Balaban J connectivity index is 1.85. The molecule has 1 aromatic heterocycles. The zero-order valence-electron chi connectivity index (χ0n) is 9.26. The predicted molar refractivity (Wildman–Crippen MR) is 61.5 cm³/mol. The van der Waals surface area contributed by atoms with Crippen LogP contribution in [-0.4, -0.2) is 35.0 Å². The van der Waals surface area contributed by atoms with Crippen LogP contribution < -0.4 is 4.90 Å². The molecule has 0 radical (unpaired) electrons. The van der Waals surface area contributed by atoms with E-state index in [1.54, 1.807) is 6.33 Å². The van der Waals surface area contributed by atoms with Crippen molar-refractivity contribution >= 4 is 22.6 Å². The minimum absolute atomic E-state index is 0.0561. The number of aromatic nitrogens is 2. The molecule has 2 rings (SSSR count). The van der Waals surface area contributed by atoms with Gasteiger partial charge in [-0.15, -0.1) is 0 Å². The molecule has 0 saturated carbocycles. The van der Waals surface area contributed by atoms with Gasteiger partial charge in [0.2, 0.25) is 5.13 Å². The first-order valence-corrected chi connectivity index (χ1v) is 6.27. The Bertz CT molecular complexity index is 334. The summed E-state index contributed by atoms with van der Waals surface area (Å²) in [4.78, 5) is 17.9. The molecule has 0 bridgehead atoms. The molecule has 1 saturated heterocycles. The van der Waals surface area contributed by atoms with Gasteiger partial charge in [-0.2, -0.15) is 4.37 Å². The van der Waals surface area contributed by atoms with E-state index in [1.165, 1.54) is 11.5 Å². The maximum atomic E-state index is 11.5. The normalized spacial score (nSPS) is 17.4. The molecule has 0 aromatic carbocycles. The van der Waals surface area contributed by atoms with E-state index < -0.39 is 0 Å². The standard InChI is InChI=1S/C10H15N3O2S/c1-2-15-9(14)8-3-5-13(6-4-8)10-11-7-12-16-10/h7-8H,2-6H2,1H3. The van der Waals surface area contributed by atoms with Crippen LogP contribution in [0, 0.1) is 5.92 Å². The molecule has 0 amide bonds. The third-order valence-corrected chi connectivity index (χ3v) is 3.46. The van der Waals surface area contributed by atoms with Gasteiger partial charge in [0, 0.05) is 24.6 Å². The third kappa shape index (κ3) is 2.49. The third-order valence-electron chi connectivity index (χ3n) is 2.74. The highest BCUT2D eigenvalue weighted by atomic mass is 32.1. The summed E-state index contributed by atoms with van der Waals surface area (Å²) in [6.45, 7) is 4.03. The Morgan fingerprint density at radius 1 is 1.62 bits per heavy atom. The molecule has 1 aliphatic heterocycles. The van der Waals surface area contributed by atoms with Gasteiger partial charge in [-0.05, 0) is 19.8 Å². The van der Waals surface area contributed by atoms with E-state index in [0.717, 1.165) is 31.1 Å². The number of piperidine rings is 1. The van der Waals surface area contributed by atoms with E-state index in [0.29, 0.717) is 6.61 Å². The topological polar surface area (TPSA) is 55.3 Å². The quantitative estimate of drug-likeness (QED) is 0.747. The Labute approximate surface area is 98.6 Å². The van der Waals surface area contributed by atoms with Gasteiger partial charge in [-0.3, -0.25) is 4.79 Å². The van der Waals surface area contributed by atoms with E-state index in [4.69, 9.17) is 4.74 Å². The van der Waals surface area contributed by atoms with Crippen molar-refractivity contribution in [1.29, 1.82) is 0 Å². The fraction of sp³-hybridized carbons (Fsp3) is 0.700. The maximum Gasteiger partial charge on any atom is 0.309 e. The first-order chi connectivity index (χ1) is 7.81. The van der Waals surface area contributed by atoms with E-state index in [-0.39, 0.29) is 11.9 Å². The molecular formula is C10H15N3O2S. The highest BCUT2D eigenvalue weighted by Gasteiger charge is 2.26. The van der Waals surface area contributed by atoms with Crippen LogP contribution in [0.3, 0.4) is 0 Å². The molecule has 5 nitrogen and oxygen atoms in total. The van der Waals surface area contributed by atoms with Gasteiger partial charge in [-0.1, -0.05) is 0 Å². The zero-order valence-corrected chi connectivity index (χ0v) is 10.1. The van der Waals surface area contributed by atoms with Crippen LogP contribution in [0.25, 0.3) is 0 Å². The van der Waals surface area contributed by atoms with Crippen LogP contribution in [0.15, 0.2) is 6.33 Å². The van der Waals surface area contributed by atoms with Crippen molar-refractivity contribution in [2.24, 2.45) is 5.92 Å². The highest BCUT2D eigenvalue weighted by molar-refractivity contribution is 7.09. The Kier molecular flexibility index (Phi) is 3.71. The minimum Gasteiger partial charge on any atom is -0.466 e. The van der Waals surface area contributed by atoms with Crippen LogP contribution in [0.1, 0.15) is 19.8 Å². The van der Waals surface area contributed by atoms with E-state index >= 15 is 0 Å². The summed E-state index contributed by atoms with van der Waals surface area (Å²) in [7, 11) is 0. The Morgan fingerprint density at radius 2 is 2.38 bits per heavy atom. The molecule has 88 valence electrons. The fourth-order valence-corrected chi connectivity index (χ4v) is 2.45. The van der Waals surface area contributed by atoms with Gasteiger partial charge in [0.15, 0.2) is 0 Å². The molecule has 0 N–H and O–H groups in total. The number of ether oxygens (including phenoxy) is 1. The summed E-state index contributed by atoms with van der Waals surface area (Å²) >= 11 is 1.40. The average Bonchev–Trinajstić information content (AvgIpc) is 2.83. The lowest BCUT2D eigenvalue weighted by molar-refractivity contribution is -0.148. The van der Waals surface area contributed by atoms with Crippen molar-refractivity contribution in [2.75, 3.05) is 24.6 Å². The first kappa shape index (κ1) is 11.3. The van der Waals surface area contributed by atoms with Gasteiger partial charge in [0.05, 0.1) is 12.5 Å². The molecule has 1 aliphatic rings. The second-order valence-corrected chi connectivity index (χ2v) is 4.50. The number of nitrogens with zero attached hydrogens (tertiary/aromatic N) is 3. The summed E-state index contributed by atoms with van der Waals surface area (Å²) in [6, 6.07) is 0. The molecule has 6 heteroatoms. The molecular weight excluding hydrogens is 226 g/mol. The maximum absolute atomic E-state index is 11.5. The van der Waals surface area contributed by atoms with Gasteiger partial charge in [0.25, 0.3) is 0 Å². The predicted octanol–water partition coefficient (Wildman–Crippen LogP) is 1.32. The van der Waals surface area contributed by atoms with Gasteiger partial charge < -0.3 is 9.64 Å². The van der Waals surface area contributed by atoms with Crippen LogP contribution in [0.5, 0.6) is 0 Å². The van der Waals surface area contributed by atoms with Crippen molar-refractivity contribution in [1.82, 2.24) is 9.36 Å². The van der Waals surface area contributed by atoms with Crippen molar-refractivity contribution in [3.63, 3.8) is 0 Å². The van der Waals surface area contributed by atoms with Crippen molar-refractivity contribution in [2.45, 2.75) is 19.8 Å². The second-order valence-electron chi connectivity index (χ2n) is 3.74. The van der Waals surface area contributed by atoms with Gasteiger partial charge in [0.1, 0.15) is 6.33 Å². The summed E-state index contributed by atoms with van der Waals surface area (Å²) in [5.74, 6) is 0.00327. The summed E-state index contributed by atoms with van der Waals surface area (Å²) in [5, 5.41) is 0.947. The SMILES string of the molecule is CCOC(=O)C1CCN(c2ncns2)CC1. The van der Waals surface area contributed by atoms with Crippen molar-refractivity contribution < 1.29 is 9.53 Å². The van der Waals surface area contributed by atoms with E-state index in [1.807, 2.05) is 6.92 Å². The van der Waals surface area contributed by atoms with Gasteiger partial charge in [-0.25, -0.2) is 4.98 Å². The second kappa shape index (κ2) is 5.25. The summed E-state index contributed by atoms with van der Waals surface area (Å²) in [5.41, 5.74) is 0. The average molecular weight is 241 g/mol. The highest BCUT2D eigenvalue weighted by Crippen LogP contribution is 2.24. The lowest BCUT2D eigenvalue weighted by Crippen LogP contribution is -2.36. The number of hydrogen-bond acceptors (Lipinski definition) is 6.